The molecule has 1 amide bonds. The van der Waals surface area contributed by atoms with Gasteiger partial charge in [0.1, 0.15) is 6.33 Å². The Hall–Kier alpha value is -2.19. The number of amides is 1. The van der Waals surface area contributed by atoms with E-state index >= 15 is 0 Å². The van der Waals surface area contributed by atoms with Gasteiger partial charge < -0.3 is 9.88 Å². The molecular weight excluding hydrogens is 366 g/mol. The van der Waals surface area contributed by atoms with Gasteiger partial charge in [0.15, 0.2) is 10.3 Å². The Balaban J connectivity index is 1.34. The molecule has 1 aliphatic rings. The molecule has 134 valence electrons. The number of hydrogen-bond acceptors (Lipinski definition) is 6. The van der Waals surface area contributed by atoms with Crippen molar-refractivity contribution in [3.05, 3.63) is 41.5 Å². The summed E-state index contributed by atoms with van der Waals surface area (Å²) >= 11 is 2.85. The van der Waals surface area contributed by atoms with Crippen LogP contribution in [0, 0.1) is 0 Å². The summed E-state index contributed by atoms with van der Waals surface area (Å²) in [7, 11) is 0. The van der Waals surface area contributed by atoms with Crippen molar-refractivity contribution in [2.45, 2.75) is 37.4 Å². The van der Waals surface area contributed by atoms with E-state index in [0.717, 1.165) is 22.8 Å². The van der Waals surface area contributed by atoms with Crippen LogP contribution in [0.5, 0.6) is 0 Å². The maximum atomic E-state index is 12.2. The van der Waals surface area contributed by atoms with Crippen LogP contribution < -0.4 is 5.32 Å². The second kappa shape index (κ2) is 7.59. The summed E-state index contributed by atoms with van der Waals surface area (Å²) in [6.07, 6.45) is 5.09. The number of thioether (sulfide) groups is 1. The number of nitrogens with zero attached hydrogens (tertiary/aromatic N) is 4. The van der Waals surface area contributed by atoms with E-state index in [1.165, 1.54) is 41.5 Å². The number of anilines is 1. The lowest BCUT2D eigenvalue weighted by atomic mass is 10.1. The fourth-order valence-corrected chi connectivity index (χ4v) is 4.12. The van der Waals surface area contributed by atoms with Crippen LogP contribution in [0.4, 0.5) is 5.13 Å². The predicted octanol–water partition coefficient (Wildman–Crippen LogP) is 4.03. The highest BCUT2D eigenvalue weighted by molar-refractivity contribution is 7.99. The van der Waals surface area contributed by atoms with Crippen molar-refractivity contribution >= 4 is 34.1 Å². The van der Waals surface area contributed by atoms with E-state index in [2.05, 4.69) is 56.3 Å². The minimum Gasteiger partial charge on any atom is -0.306 e. The van der Waals surface area contributed by atoms with Crippen molar-refractivity contribution in [1.29, 1.82) is 0 Å². The summed E-state index contributed by atoms with van der Waals surface area (Å²) in [4.78, 5) is 16.7. The zero-order valence-corrected chi connectivity index (χ0v) is 16.0. The average molecular weight is 386 g/mol. The Morgan fingerprint density at radius 2 is 2.15 bits per heavy atom. The second-order valence-corrected chi connectivity index (χ2v) is 7.98. The number of carbonyl (C=O) groups excluding carboxylic acids is 1. The maximum absolute atomic E-state index is 12.2. The zero-order chi connectivity index (χ0) is 17.9. The Bertz CT molecular complexity index is 898. The van der Waals surface area contributed by atoms with Gasteiger partial charge in [-0.3, -0.25) is 4.79 Å². The molecule has 0 aliphatic heterocycles. The van der Waals surface area contributed by atoms with E-state index in [0.29, 0.717) is 16.9 Å². The van der Waals surface area contributed by atoms with Crippen LogP contribution in [-0.2, 0) is 11.2 Å². The highest BCUT2D eigenvalue weighted by Gasteiger charge is 2.26. The van der Waals surface area contributed by atoms with Crippen molar-refractivity contribution < 1.29 is 4.79 Å². The smallest absolute Gasteiger partial charge is 0.236 e. The summed E-state index contributed by atoms with van der Waals surface area (Å²) < 4.78 is 2.05. The summed E-state index contributed by atoms with van der Waals surface area (Å²) in [5.74, 6) is 0.216. The molecular formula is C18H19N5OS2. The summed E-state index contributed by atoms with van der Waals surface area (Å²) in [5.41, 5.74) is 3.24. The fourth-order valence-electron chi connectivity index (χ4n) is 2.60. The monoisotopic (exact) mass is 385 g/mol. The number of hydrogen-bond donors (Lipinski definition) is 1. The molecule has 3 aromatic rings. The molecule has 4 rings (SSSR count). The number of rotatable bonds is 7. The highest BCUT2D eigenvalue weighted by Crippen LogP contribution is 2.37. The number of nitrogens with one attached hydrogen (secondary N) is 1. The molecule has 8 heteroatoms. The Kier molecular flexibility index (Phi) is 5.03. The molecule has 0 atom stereocenters. The lowest BCUT2D eigenvalue weighted by Crippen LogP contribution is -2.14. The molecule has 1 aromatic carbocycles. The fraction of sp³-hybridized carbons (Fsp3) is 0.333. The Morgan fingerprint density at radius 1 is 1.35 bits per heavy atom. The number of carbonyl (C=O) groups is 1. The van der Waals surface area contributed by atoms with Gasteiger partial charge in [0, 0.05) is 17.0 Å². The molecule has 1 saturated carbocycles. The van der Waals surface area contributed by atoms with Crippen LogP contribution >= 0.6 is 23.1 Å². The molecule has 0 radical (unpaired) electrons. The molecule has 1 fully saturated rings. The summed E-state index contributed by atoms with van der Waals surface area (Å²) in [6.45, 7) is 2.14. The van der Waals surface area contributed by atoms with Gasteiger partial charge in [-0.1, -0.05) is 43.0 Å². The first-order valence-electron chi connectivity index (χ1n) is 8.60. The highest BCUT2D eigenvalue weighted by atomic mass is 32.2. The first kappa shape index (κ1) is 17.2. The van der Waals surface area contributed by atoms with E-state index in [1.807, 2.05) is 5.38 Å². The lowest BCUT2D eigenvalue weighted by Gasteiger charge is -2.04. The molecule has 1 N–H and O–H groups in total. The van der Waals surface area contributed by atoms with Crippen LogP contribution in [0.1, 0.15) is 31.4 Å². The number of aromatic nitrogens is 4. The first-order valence-corrected chi connectivity index (χ1v) is 10.5. The van der Waals surface area contributed by atoms with E-state index in [9.17, 15) is 4.79 Å². The van der Waals surface area contributed by atoms with E-state index in [4.69, 9.17) is 0 Å². The van der Waals surface area contributed by atoms with Crippen molar-refractivity contribution in [2.24, 2.45) is 0 Å². The van der Waals surface area contributed by atoms with Gasteiger partial charge in [0.05, 0.1) is 11.4 Å². The van der Waals surface area contributed by atoms with Crippen LogP contribution in [0.25, 0.3) is 11.3 Å². The third-order valence-corrected chi connectivity index (χ3v) is 5.94. The van der Waals surface area contributed by atoms with E-state index in [1.54, 1.807) is 6.33 Å². The summed E-state index contributed by atoms with van der Waals surface area (Å²) in [5, 5.41) is 14.3. The third-order valence-electron chi connectivity index (χ3n) is 4.22. The van der Waals surface area contributed by atoms with E-state index < -0.39 is 0 Å². The molecule has 0 bridgehead atoms. The second-order valence-electron chi connectivity index (χ2n) is 6.18. The van der Waals surface area contributed by atoms with Crippen LogP contribution in [0.15, 0.2) is 41.1 Å². The SMILES string of the molecule is CCc1ccc(-c2csc(NC(=O)CSc3nncn3C3CC3)n2)cc1. The predicted molar refractivity (Wildman–Crippen MR) is 105 cm³/mol. The van der Waals surface area contributed by atoms with Crippen LogP contribution in [0.2, 0.25) is 0 Å². The van der Waals surface area contributed by atoms with Gasteiger partial charge in [-0.2, -0.15) is 0 Å². The van der Waals surface area contributed by atoms with Crippen molar-refractivity contribution in [3.63, 3.8) is 0 Å². The third kappa shape index (κ3) is 3.96. The largest absolute Gasteiger partial charge is 0.306 e. The molecule has 6 nitrogen and oxygen atoms in total. The van der Waals surface area contributed by atoms with Crippen LogP contribution in [-0.4, -0.2) is 31.4 Å². The number of benzene rings is 1. The lowest BCUT2D eigenvalue weighted by molar-refractivity contribution is -0.113. The number of aryl methyl sites for hydroxylation is 1. The van der Waals surface area contributed by atoms with Gasteiger partial charge in [-0.15, -0.1) is 21.5 Å². The molecule has 1 aliphatic carbocycles. The average Bonchev–Trinajstić information content (AvgIpc) is 3.22. The molecule has 0 unspecified atom stereocenters. The maximum Gasteiger partial charge on any atom is 0.236 e. The van der Waals surface area contributed by atoms with Crippen molar-refractivity contribution in [1.82, 2.24) is 19.7 Å². The minimum atomic E-state index is -0.0809. The quantitative estimate of drug-likeness (QED) is 0.622. The van der Waals surface area contributed by atoms with Crippen LogP contribution in [0.3, 0.4) is 0 Å². The van der Waals surface area contributed by atoms with Gasteiger partial charge >= 0.3 is 0 Å². The molecule has 0 spiro atoms. The van der Waals surface area contributed by atoms with Crippen molar-refractivity contribution in [2.75, 3.05) is 11.1 Å². The van der Waals surface area contributed by atoms with Crippen molar-refractivity contribution in [3.8, 4) is 11.3 Å². The molecule has 26 heavy (non-hydrogen) atoms. The first-order chi connectivity index (χ1) is 12.7. The van der Waals surface area contributed by atoms with Gasteiger partial charge in [0.25, 0.3) is 0 Å². The van der Waals surface area contributed by atoms with Gasteiger partial charge in [-0.25, -0.2) is 4.98 Å². The van der Waals surface area contributed by atoms with E-state index in [-0.39, 0.29) is 5.91 Å². The molecule has 2 heterocycles. The van der Waals surface area contributed by atoms with Gasteiger partial charge in [-0.05, 0) is 24.8 Å². The normalized spacial score (nSPS) is 13.7. The minimum absolute atomic E-state index is 0.0809. The molecule has 0 saturated heterocycles. The standard InChI is InChI=1S/C18H19N5OS2/c1-2-12-3-5-13(6-4-12)15-9-25-17(20-15)21-16(24)10-26-18-22-19-11-23(18)14-7-8-14/h3-6,9,11,14H,2,7-8,10H2,1H3,(H,20,21,24). The van der Waals surface area contributed by atoms with Gasteiger partial charge in [0.2, 0.25) is 5.91 Å². The molecule has 2 aromatic heterocycles. The summed E-state index contributed by atoms with van der Waals surface area (Å²) in [6, 6.07) is 8.87. The number of thiazole rings is 1. The Labute approximate surface area is 160 Å². The topological polar surface area (TPSA) is 72.7 Å². The Morgan fingerprint density at radius 3 is 2.88 bits per heavy atom. The zero-order valence-electron chi connectivity index (χ0n) is 14.4.